The van der Waals surface area contributed by atoms with Gasteiger partial charge in [-0.25, -0.2) is 0 Å². The van der Waals surface area contributed by atoms with Crippen molar-refractivity contribution in [3.8, 4) is 0 Å². The number of hydrogen-bond acceptors (Lipinski definition) is 5. The van der Waals surface area contributed by atoms with Crippen molar-refractivity contribution in [1.29, 1.82) is 0 Å². The summed E-state index contributed by atoms with van der Waals surface area (Å²) < 4.78 is 17.2. The number of hydrogen-bond donors (Lipinski definition) is 2. The van der Waals surface area contributed by atoms with Gasteiger partial charge in [0.15, 0.2) is 5.96 Å². The second-order valence-corrected chi connectivity index (χ2v) is 8.77. The Morgan fingerprint density at radius 1 is 1.06 bits per heavy atom. The Morgan fingerprint density at radius 2 is 1.79 bits per heavy atom. The molecule has 8 heteroatoms. The van der Waals surface area contributed by atoms with Gasteiger partial charge in [0.1, 0.15) is 0 Å². The van der Waals surface area contributed by atoms with Crippen molar-refractivity contribution in [3.05, 3.63) is 35.9 Å². The number of nitrogens with zero attached hydrogens (tertiary/aromatic N) is 2. The van der Waals surface area contributed by atoms with Gasteiger partial charge < -0.3 is 24.8 Å². The third kappa shape index (κ3) is 11.8. The van der Waals surface area contributed by atoms with E-state index in [0.717, 1.165) is 104 Å². The van der Waals surface area contributed by atoms with Gasteiger partial charge in [0.25, 0.3) is 0 Å². The van der Waals surface area contributed by atoms with Crippen LogP contribution in [0.2, 0.25) is 0 Å². The summed E-state index contributed by atoms with van der Waals surface area (Å²) in [5.74, 6) is 1.44. The van der Waals surface area contributed by atoms with E-state index in [4.69, 9.17) is 14.2 Å². The van der Waals surface area contributed by atoms with Crippen molar-refractivity contribution in [3.63, 3.8) is 0 Å². The Bertz CT molecular complexity index is 636. The second kappa shape index (κ2) is 17.5. The minimum atomic E-state index is 0. The lowest BCUT2D eigenvalue weighted by Gasteiger charge is -2.32. The Morgan fingerprint density at radius 3 is 2.45 bits per heavy atom. The zero-order valence-electron chi connectivity index (χ0n) is 20.2. The van der Waals surface area contributed by atoms with Crippen LogP contribution in [-0.2, 0) is 20.8 Å². The number of benzene rings is 1. The lowest BCUT2D eigenvalue weighted by molar-refractivity contribution is 0.00534. The molecular formula is C25H43IN4O3. The molecule has 1 unspecified atom stereocenters. The van der Waals surface area contributed by atoms with Crippen LogP contribution < -0.4 is 10.6 Å². The van der Waals surface area contributed by atoms with E-state index in [1.807, 2.05) is 7.05 Å². The number of aliphatic imine (C=N–C) groups is 1. The number of guanidine groups is 1. The number of ether oxygens (including phenoxy) is 3. The molecular weight excluding hydrogens is 531 g/mol. The highest BCUT2D eigenvalue weighted by Gasteiger charge is 2.19. The first-order chi connectivity index (χ1) is 15.8. The van der Waals surface area contributed by atoms with Crippen molar-refractivity contribution in [2.45, 2.75) is 44.8 Å². The summed E-state index contributed by atoms with van der Waals surface area (Å²) in [6, 6.07) is 10.7. The molecule has 0 aliphatic carbocycles. The molecule has 0 bridgehead atoms. The number of piperidine rings is 1. The van der Waals surface area contributed by atoms with Crippen LogP contribution in [-0.4, -0.2) is 83.2 Å². The fourth-order valence-corrected chi connectivity index (χ4v) is 4.17. The highest BCUT2D eigenvalue weighted by molar-refractivity contribution is 14.0. The molecule has 2 N–H and O–H groups in total. The molecule has 2 aliphatic heterocycles. The first kappa shape index (κ1) is 28.3. The maximum absolute atomic E-state index is 6.11. The molecule has 1 aromatic rings. The normalized spacial score (nSPS) is 19.9. The van der Waals surface area contributed by atoms with E-state index in [9.17, 15) is 0 Å². The molecule has 188 valence electrons. The van der Waals surface area contributed by atoms with Crippen LogP contribution in [0.1, 0.15) is 37.7 Å². The molecule has 3 rings (SSSR count). The van der Waals surface area contributed by atoms with Gasteiger partial charge in [-0.15, -0.1) is 24.0 Å². The number of nitrogens with one attached hydrogen (secondary N) is 2. The van der Waals surface area contributed by atoms with Gasteiger partial charge in [0, 0.05) is 65.5 Å². The summed E-state index contributed by atoms with van der Waals surface area (Å²) in [4.78, 5) is 6.82. The van der Waals surface area contributed by atoms with Crippen LogP contribution in [0.3, 0.4) is 0 Å². The maximum Gasteiger partial charge on any atom is 0.190 e. The van der Waals surface area contributed by atoms with Crippen molar-refractivity contribution < 1.29 is 14.2 Å². The van der Waals surface area contributed by atoms with E-state index in [0.29, 0.717) is 12.0 Å². The monoisotopic (exact) mass is 574 g/mol. The van der Waals surface area contributed by atoms with Gasteiger partial charge in [0.05, 0.1) is 19.3 Å². The van der Waals surface area contributed by atoms with Gasteiger partial charge in [-0.2, -0.15) is 0 Å². The molecule has 0 saturated carbocycles. The second-order valence-electron chi connectivity index (χ2n) is 8.77. The lowest BCUT2D eigenvalue weighted by atomic mass is 10.1. The largest absolute Gasteiger partial charge is 0.381 e. The first-order valence-electron chi connectivity index (χ1n) is 12.3. The lowest BCUT2D eigenvalue weighted by Crippen LogP contribution is -2.39. The topological polar surface area (TPSA) is 67.4 Å². The van der Waals surface area contributed by atoms with Gasteiger partial charge in [-0.1, -0.05) is 30.3 Å². The van der Waals surface area contributed by atoms with Crippen LogP contribution in [0.5, 0.6) is 0 Å². The molecule has 0 spiro atoms. The SMILES string of the molecule is CN=C(NCCCOCC1CCOC1)NCCCOC1CCN(Cc2ccccc2)CC1.I. The molecule has 0 radical (unpaired) electrons. The molecule has 2 fully saturated rings. The quantitative estimate of drug-likeness (QED) is 0.163. The number of halogens is 1. The van der Waals surface area contributed by atoms with Gasteiger partial charge >= 0.3 is 0 Å². The Labute approximate surface area is 217 Å². The molecule has 1 atom stereocenters. The fraction of sp³-hybridized carbons (Fsp3) is 0.720. The van der Waals surface area contributed by atoms with E-state index < -0.39 is 0 Å². The zero-order chi connectivity index (χ0) is 22.3. The van der Waals surface area contributed by atoms with Crippen LogP contribution in [0.25, 0.3) is 0 Å². The summed E-state index contributed by atoms with van der Waals surface area (Å²) >= 11 is 0. The fourth-order valence-electron chi connectivity index (χ4n) is 4.17. The summed E-state index contributed by atoms with van der Waals surface area (Å²) in [5.41, 5.74) is 1.40. The molecule has 0 amide bonds. The van der Waals surface area contributed by atoms with Crippen molar-refractivity contribution in [2.75, 3.05) is 66.3 Å². The third-order valence-electron chi connectivity index (χ3n) is 6.11. The molecule has 2 heterocycles. The van der Waals surface area contributed by atoms with E-state index in [-0.39, 0.29) is 24.0 Å². The molecule has 0 aromatic heterocycles. The minimum absolute atomic E-state index is 0. The average molecular weight is 575 g/mol. The predicted octanol–water partition coefficient (Wildman–Crippen LogP) is 3.28. The first-order valence-corrected chi connectivity index (χ1v) is 12.3. The highest BCUT2D eigenvalue weighted by Crippen LogP contribution is 2.16. The average Bonchev–Trinajstić information content (AvgIpc) is 3.35. The smallest absolute Gasteiger partial charge is 0.190 e. The summed E-state index contributed by atoms with van der Waals surface area (Å²) in [5, 5.41) is 6.72. The highest BCUT2D eigenvalue weighted by atomic mass is 127. The Kier molecular flexibility index (Phi) is 15.0. The minimum Gasteiger partial charge on any atom is -0.381 e. The summed E-state index contributed by atoms with van der Waals surface area (Å²) in [7, 11) is 1.81. The van der Waals surface area contributed by atoms with Crippen LogP contribution in [0.15, 0.2) is 35.3 Å². The summed E-state index contributed by atoms with van der Waals surface area (Å²) in [6.45, 7) is 9.14. The van der Waals surface area contributed by atoms with E-state index in [1.165, 1.54) is 5.56 Å². The van der Waals surface area contributed by atoms with Crippen LogP contribution >= 0.6 is 24.0 Å². The van der Waals surface area contributed by atoms with Gasteiger partial charge in [-0.3, -0.25) is 9.89 Å². The van der Waals surface area contributed by atoms with Crippen molar-refractivity contribution >= 4 is 29.9 Å². The van der Waals surface area contributed by atoms with Gasteiger partial charge in [0.2, 0.25) is 0 Å². The molecule has 33 heavy (non-hydrogen) atoms. The molecule has 2 aliphatic rings. The van der Waals surface area contributed by atoms with E-state index >= 15 is 0 Å². The Balaban J connectivity index is 0.00000385. The van der Waals surface area contributed by atoms with E-state index in [1.54, 1.807) is 0 Å². The number of rotatable bonds is 13. The standard InChI is InChI=1S/C25H42N4O3.HI/c1-26-25(27-12-5-16-30-20-23-11-18-31-21-23)28-13-6-17-32-24-9-14-29(15-10-24)19-22-7-3-2-4-8-22;/h2-4,7-8,23-24H,5-6,9-21H2,1H3,(H2,26,27,28);1H. The Hall–Kier alpha value is -0.940. The van der Waals surface area contributed by atoms with Crippen molar-refractivity contribution in [1.82, 2.24) is 15.5 Å². The maximum atomic E-state index is 6.11. The zero-order valence-corrected chi connectivity index (χ0v) is 22.5. The molecule has 2 saturated heterocycles. The number of likely N-dealkylation sites (tertiary alicyclic amines) is 1. The molecule has 7 nitrogen and oxygen atoms in total. The third-order valence-corrected chi connectivity index (χ3v) is 6.11. The molecule has 1 aromatic carbocycles. The van der Waals surface area contributed by atoms with Crippen LogP contribution in [0, 0.1) is 5.92 Å². The summed E-state index contributed by atoms with van der Waals surface area (Å²) in [6.07, 6.45) is 5.73. The van der Waals surface area contributed by atoms with Crippen molar-refractivity contribution in [2.24, 2.45) is 10.9 Å². The van der Waals surface area contributed by atoms with Crippen LogP contribution in [0.4, 0.5) is 0 Å². The predicted molar refractivity (Wildman–Crippen MR) is 144 cm³/mol. The van der Waals surface area contributed by atoms with Gasteiger partial charge in [-0.05, 0) is 37.7 Å². The van der Waals surface area contributed by atoms with E-state index in [2.05, 4.69) is 50.9 Å².